The number of benzene rings is 2. The van der Waals surface area contributed by atoms with E-state index in [1.165, 1.54) is 29.5 Å². The largest absolute Gasteiger partial charge is 0.387 e. The van der Waals surface area contributed by atoms with Gasteiger partial charge in [-0.1, -0.05) is 11.3 Å². The number of nitrogens with zero attached hydrogens (tertiary/aromatic N) is 6. The van der Waals surface area contributed by atoms with E-state index in [0.29, 0.717) is 77.2 Å². The fraction of sp³-hybridized carbons (Fsp3) is 0.394. The van der Waals surface area contributed by atoms with Gasteiger partial charge in [0, 0.05) is 67.4 Å². The van der Waals surface area contributed by atoms with Crippen LogP contribution in [0.4, 0.5) is 25.3 Å². The summed E-state index contributed by atoms with van der Waals surface area (Å²) in [5.41, 5.74) is 3.99. The predicted molar refractivity (Wildman–Crippen MR) is 165 cm³/mol. The van der Waals surface area contributed by atoms with Crippen molar-refractivity contribution in [3.05, 3.63) is 64.2 Å². The molecule has 8 rings (SSSR count). The second-order valence-electron chi connectivity index (χ2n) is 12.7. The van der Waals surface area contributed by atoms with Crippen LogP contribution in [0.2, 0.25) is 0 Å². The summed E-state index contributed by atoms with van der Waals surface area (Å²) in [6.07, 6.45) is 1.02. The minimum atomic E-state index is -0.799. The zero-order valence-electron chi connectivity index (χ0n) is 24.6. The Morgan fingerprint density at radius 2 is 1.93 bits per heavy atom. The van der Waals surface area contributed by atoms with Gasteiger partial charge in [-0.05, 0) is 55.7 Å². The van der Waals surface area contributed by atoms with Crippen molar-refractivity contribution in [3.63, 3.8) is 0 Å². The highest BCUT2D eigenvalue weighted by atomic mass is 32.1. The Bertz CT molecular complexity index is 1890. The molecule has 4 aliphatic rings. The lowest BCUT2D eigenvalue weighted by Gasteiger charge is -2.61. The zero-order chi connectivity index (χ0) is 31.0. The molecule has 5 heterocycles. The number of fused-ring (bicyclic) bond motifs is 2. The minimum Gasteiger partial charge on any atom is -0.387 e. The van der Waals surface area contributed by atoms with Gasteiger partial charge in [-0.2, -0.15) is 5.26 Å². The van der Waals surface area contributed by atoms with Crippen molar-refractivity contribution >= 4 is 44.7 Å². The van der Waals surface area contributed by atoms with Gasteiger partial charge < -0.3 is 24.5 Å². The Balaban J connectivity index is 1.13. The molecule has 230 valence electrons. The Morgan fingerprint density at radius 3 is 2.64 bits per heavy atom. The van der Waals surface area contributed by atoms with Crippen LogP contribution in [0.1, 0.15) is 35.1 Å². The van der Waals surface area contributed by atoms with Crippen molar-refractivity contribution in [3.8, 4) is 17.3 Å². The average Bonchev–Trinajstić information content (AvgIpc) is 3.76. The van der Waals surface area contributed by atoms with Gasteiger partial charge in [0.05, 0.1) is 30.0 Å². The van der Waals surface area contributed by atoms with E-state index in [1.54, 1.807) is 12.1 Å². The molecule has 3 fully saturated rings. The highest BCUT2D eigenvalue weighted by Gasteiger charge is 2.54. The van der Waals surface area contributed by atoms with Crippen LogP contribution in [0.15, 0.2) is 36.4 Å². The van der Waals surface area contributed by atoms with Crippen LogP contribution in [0.3, 0.4) is 0 Å². The summed E-state index contributed by atoms with van der Waals surface area (Å²) in [4.78, 5) is 28.5. The summed E-state index contributed by atoms with van der Waals surface area (Å²) in [7, 11) is 1.83. The van der Waals surface area contributed by atoms with Gasteiger partial charge in [-0.15, -0.1) is 0 Å². The maximum atomic E-state index is 15.9. The van der Waals surface area contributed by atoms with Crippen LogP contribution in [0.25, 0.3) is 22.2 Å². The van der Waals surface area contributed by atoms with E-state index in [9.17, 15) is 19.6 Å². The maximum Gasteiger partial charge on any atom is 0.228 e. The molecule has 12 heteroatoms. The van der Waals surface area contributed by atoms with Crippen LogP contribution in [-0.4, -0.2) is 72.3 Å². The van der Waals surface area contributed by atoms with E-state index in [-0.39, 0.29) is 28.6 Å². The third-order valence-corrected chi connectivity index (χ3v) is 10.7. The highest BCUT2D eigenvalue weighted by molar-refractivity contribution is 7.16. The fourth-order valence-corrected chi connectivity index (χ4v) is 8.19. The number of likely N-dealkylation sites (tertiary alicyclic amines) is 1. The first kappa shape index (κ1) is 28.3. The summed E-state index contributed by atoms with van der Waals surface area (Å²) < 4.78 is 34.9. The Kier molecular flexibility index (Phi) is 6.57. The molecule has 1 aliphatic carbocycles. The third-order valence-electron chi connectivity index (χ3n) is 9.63. The lowest BCUT2D eigenvalue weighted by Crippen LogP contribution is -2.73. The molecule has 9 nitrogen and oxygen atoms in total. The highest BCUT2D eigenvalue weighted by Crippen LogP contribution is 2.48. The number of carbonyl (C=O) groups excluding carboxylic acids is 1. The topological polar surface area (TPSA) is 106 Å². The lowest BCUT2D eigenvalue weighted by atomic mass is 9.72. The smallest absolute Gasteiger partial charge is 0.228 e. The van der Waals surface area contributed by atoms with Crippen LogP contribution in [0, 0.1) is 34.3 Å². The van der Waals surface area contributed by atoms with E-state index < -0.39 is 11.9 Å². The molecular weight excluding hydrogens is 598 g/mol. The fourth-order valence-electron chi connectivity index (χ4n) is 7.34. The molecule has 3 aliphatic heterocycles. The number of aromatic nitrogens is 2. The standard InChI is InChI=1S/C33H30F2N6O3S/c1-39(32-38-27(26(12-36)45-32)18-2-4-20(34)5-3-18)30-22-6-7-25(42)29(22)37-28-23(30)10-21(11-24(28)35)40-14-33(15-40)16-41(17-33)31(43)19-8-9-44-13-19/h2-5,10-11,19,25,42H,6-9,13-17H2,1H3. The summed E-state index contributed by atoms with van der Waals surface area (Å²) in [6.45, 7) is 4.01. The first-order valence-corrected chi connectivity index (χ1v) is 15.9. The molecule has 0 radical (unpaired) electrons. The van der Waals surface area contributed by atoms with Crippen molar-refractivity contribution in [1.29, 1.82) is 5.26 Å². The molecule has 0 saturated carbocycles. The number of rotatable bonds is 5. The Hall–Kier alpha value is -4.18. The van der Waals surface area contributed by atoms with Crippen molar-refractivity contribution in [2.45, 2.75) is 25.4 Å². The van der Waals surface area contributed by atoms with E-state index in [0.717, 1.165) is 30.8 Å². The molecule has 2 unspecified atom stereocenters. The number of hydrogen-bond donors (Lipinski definition) is 1. The zero-order valence-corrected chi connectivity index (χ0v) is 25.4. The molecule has 1 N–H and O–H groups in total. The number of anilines is 3. The maximum absolute atomic E-state index is 15.9. The number of amides is 1. The van der Waals surface area contributed by atoms with E-state index in [4.69, 9.17) is 9.72 Å². The number of halogens is 2. The molecular formula is C33H30F2N6O3S. The quantitative estimate of drug-likeness (QED) is 0.332. The number of ether oxygens (including phenoxy) is 1. The van der Waals surface area contributed by atoms with Gasteiger partial charge in [-0.3, -0.25) is 4.79 Å². The lowest BCUT2D eigenvalue weighted by molar-refractivity contribution is -0.149. The number of aliphatic hydroxyl groups is 1. The first-order valence-electron chi connectivity index (χ1n) is 15.1. The molecule has 1 amide bonds. The van der Waals surface area contributed by atoms with Gasteiger partial charge >= 0.3 is 0 Å². The summed E-state index contributed by atoms with van der Waals surface area (Å²) in [5.74, 6) is -0.719. The number of hydrogen-bond acceptors (Lipinski definition) is 9. The number of nitriles is 1. The van der Waals surface area contributed by atoms with E-state index in [2.05, 4.69) is 16.0 Å². The van der Waals surface area contributed by atoms with Crippen LogP contribution in [-0.2, 0) is 16.0 Å². The van der Waals surface area contributed by atoms with Crippen molar-refractivity contribution in [1.82, 2.24) is 14.9 Å². The van der Waals surface area contributed by atoms with Crippen LogP contribution < -0.4 is 9.80 Å². The normalized spacial score (nSPS) is 21.5. The SMILES string of the molecule is CN(c1nc(-c2ccc(F)cc2)c(C#N)s1)c1c2c(nc3c(F)cc(N4CC5(CN(C(=O)C6CCOC6)C5)C4)cc13)C(O)CC2. The van der Waals surface area contributed by atoms with Gasteiger partial charge in [0.25, 0.3) is 0 Å². The summed E-state index contributed by atoms with van der Waals surface area (Å²) >= 11 is 1.20. The number of aliphatic hydroxyl groups excluding tert-OH is 1. The number of thiazole rings is 1. The summed E-state index contributed by atoms with van der Waals surface area (Å²) in [6, 6.07) is 11.5. The van der Waals surface area contributed by atoms with Crippen molar-refractivity contribution < 1.29 is 23.4 Å². The van der Waals surface area contributed by atoms with Crippen LogP contribution in [0.5, 0.6) is 0 Å². The van der Waals surface area contributed by atoms with Gasteiger partial charge in [0.1, 0.15) is 28.0 Å². The molecule has 3 saturated heterocycles. The second-order valence-corrected chi connectivity index (χ2v) is 13.6. The molecule has 45 heavy (non-hydrogen) atoms. The number of pyridine rings is 1. The molecule has 2 aromatic carbocycles. The van der Waals surface area contributed by atoms with Gasteiger partial charge in [0.15, 0.2) is 10.9 Å². The third kappa shape index (κ3) is 4.56. The molecule has 0 bridgehead atoms. The Labute approximate surface area is 262 Å². The molecule has 4 aromatic rings. The molecule has 1 spiro atoms. The second kappa shape index (κ2) is 10.4. The van der Waals surface area contributed by atoms with E-state index in [1.807, 2.05) is 22.9 Å². The molecule has 2 aromatic heterocycles. The van der Waals surface area contributed by atoms with Gasteiger partial charge in [0.2, 0.25) is 5.91 Å². The summed E-state index contributed by atoms with van der Waals surface area (Å²) in [5, 5.41) is 21.8. The van der Waals surface area contributed by atoms with E-state index >= 15 is 4.39 Å². The molecule has 2 atom stereocenters. The van der Waals surface area contributed by atoms with Gasteiger partial charge in [-0.25, -0.2) is 18.7 Å². The van der Waals surface area contributed by atoms with Crippen LogP contribution >= 0.6 is 11.3 Å². The average molecular weight is 629 g/mol. The Morgan fingerprint density at radius 1 is 1.16 bits per heavy atom. The first-order chi connectivity index (χ1) is 21.7. The monoisotopic (exact) mass is 628 g/mol. The van der Waals surface area contributed by atoms with Crippen molar-refractivity contribution in [2.24, 2.45) is 11.3 Å². The number of carbonyl (C=O) groups is 1. The minimum absolute atomic E-state index is 0.0197. The predicted octanol–water partition coefficient (Wildman–Crippen LogP) is 4.94. The van der Waals surface area contributed by atoms with Crippen molar-refractivity contribution in [2.75, 3.05) is 56.2 Å².